The van der Waals surface area contributed by atoms with Crippen LogP contribution in [0.15, 0.2) is 30.3 Å². The zero-order chi connectivity index (χ0) is 13.7. The quantitative estimate of drug-likeness (QED) is 0.811. The lowest BCUT2D eigenvalue weighted by Crippen LogP contribution is -2.25. The van der Waals surface area contributed by atoms with E-state index in [0.717, 1.165) is 5.56 Å². The van der Waals surface area contributed by atoms with Gasteiger partial charge in [-0.05, 0) is 30.7 Å². The first-order chi connectivity index (χ1) is 9.15. The van der Waals surface area contributed by atoms with Gasteiger partial charge in [-0.25, -0.2) is 4.39 Å². The van der Waals surface area contributed by atoms with Crippen molar-refractivity contribution in [3.63, 3.8) is 0 Å². The fourth-order valence-electron chi connectivity index (χ4n) is 1.42. The average Bonchev–Trinajstić information content (AvgIpc) is 2.92. The molecule has 0 spiro atoms. The number of aromatic nitrogens is 4. The number of hydrogen-bond donors (Lipinski definition) is 2. The van der Waals surface area contributed by atoms with Gasteiger partial charge in [-0.3, -0.25) is 4.79 Å². The maximum atomic E-state index is 12.7. The standard InChI is InChI=1S/C12H12FN5O/c1-8(12-15-17-18-16-12)14-11(19)7-4-9-2-5-10(13)6-3-9/h2-8H,1H3,(H,14,19)(H,15,16,17,18). The summed E-state index contributed by atoms with van der Waals surface area (Å²) in [6, 6.07) is 5.49. The second-order valence-electron chi connectivity index (χ2n) is 3.89. The minimum absolute atomic E-state index is 0.290. The van der Waals surface area contributed by atoms with Crippen molar-refractivity contribution in [3.8, 4) is 0 Å². The number of H-pyrrole nitrogens is 1. The van der Waals surface area contributed by atoms with Gasteiger partial charge in [0.1, 0.15) is 5.82 Å². The summed E-state index contributed by atoms with van der Waals surface area (Å²) in [6.45, 7) is 1.74. The minimum atomic E-state index is -0.343. The molecular formula is C12H12FN5O. The molecule has 0 bridgehead atoms. The van der Waals surface area contributed by atoms with Gasteiger partial charge in [0.25, 0.3) is 0 Å². The van der Waals surface area contributed by atoms with Gasteiger partial charge in [-0.2, -0.15) is 5.21 Å². The molecule has 0 aliphatic rings. The number of hydrogen-bond acceptors (Lipinski definition) is 4. The molecule has 0 fully saturated rings. The van der Waals surface area contributed by atoms with Crippen molar-refractivity contribution in [1.82, 2.24) is 25.9 Å². The van der Waals surface area contributed by atoms with Crippen molar-refractivity contribution < 1.29 is 9.18 Å². The van der Waals surface area contributed by atoms with Crippen LogP contribution in [0.1, 0.15) is 24.4 Å². The second-order valence-corrected chi connectivity index (χ2v) is 3.89. The van der Waals surface area contributed by atoms with Gasteiger partial charge < -0.3 is 5.32 Å². The van der Waals surface area contributed by atoms with E-state index in [4.69, 9.17) is 0 Å². The molecule has 0 saturated carbocycles. The van der Waals surface area contributed by atoms with Crippen LogP contribution >= 0.6 is 0 Å². The second kappa shape index (κ2) is 5.85. The summed E-state index contributed by atoms with van der Waals surface area (Å²) in [5.74, 6) is -0.197. The largest absolute Gasteiger partial charge is 0.343 e. The molecule has 2 rings (SSSR count). The number of nitrogens with one attached hydrogen (secondary N) is 2. The summed E-state index contributed by atoms with van der Waals surface area (Å²) in [4.78, 5) is 11.6. The van der Waals surface area contributed by atoms with Crippen molar-refractivity contribution in [2.75, 3.05) is 0 Å². The maximum Gasteiger partial charge on any atom is 0.244 e. The third-order valence-corrected chi connectivity index (χ3v) is 2.40. The van der Waals surface area contributed by atoms with Gasteiger partial charge in [-0.15, -0.1) is 10.2 Å². The van der Waals surface area contributed by atoms with E-state index < -0.39 is 0 Å². The van der Waals surface area contributed by atoms with E-state index in [-0.39, 0.29) is 17.8 Å². The molecule has 0 aliphatic carbocycles. The summed E-state index contributed by atoms with van der Waals surface area (Å²) < 4.78 is 12.7. The van der Waals surface area contributed by atoms with Crippen LogP contribution in [-0.4, -0.2) is 26.5 Å². The molecule has 6 nitrogen and oxygen atoms in total. The normalized spacial score (nSPS) is 12.5. The number of aromatic amines is 1. The van der Waals surface area contributed by atoms with Crippen molar-refractivity contribution in [2.24, 2.45) is 0 Å². The third-order valence-electron chi connectivity index (χ3n) is 2.40. The van der Waals surface area contributed by atoms with Gasteiger partial charge in [0.15, 0.2) is 5.82 Å². The molecule has 2 N–H and O–H groups in total. The van der Waals surface area contributed by atoms with Gasteiger partial charge in [0, 0.05) is 6.08 Å². The monoisotopic (exact) mass is 261 g/mol. The number of rotatable bonds is 4. The van der Waals surface area contributed by atoms with Crippen LogP contribution in [0.4, 0.5) is 4.39 Å². The number of benzene rings is 1. The Bertz CT molecular complexity index is 564. The number of carbonyl (C=O) groups is 1. The highest BCUT2D eigenvalue weighted by Gasteiger charge is 2.11. The van der Waals surface area contributed by atoms with E-state index in [1.54, 1.807) is 25.1 Å². The molecule has 0 radical (unpaired) electrons. The summed E-state index contributed by atoms with van der Waals surface area (Å²) in [6.07, 6.45) is 2.96. The van der Waals surface area contributed by atoms with Gasteiger partial charge in [-0.1, -0.05) is 17.3 Å². The summed E-state index contributed by atoms with van der Waals surface area (Å²) >= 11 is 0. The Kier molecular flexibility index (Phi) is 3.97. The zero-order valence-corrected chi connectivity index (χ0v) is 10.2. The van der Waals surface area contributed by atoms with Crippen LogP contribution in [-0.2, 0) is 4.79 Å². The van der Waals surface area contributed by atoms with Crippen LogP contribution in [0.5, 0.6) is 0 Å². The predicted molar refractivity (Wildman–Crippen MR) is 66.2 cm³/mol. The first-order valence-electron chi connectivity index (χ1n) is 5.62. The smallest absolute Gasteiger partial charge is 0.244 e. The highest BCUT2D eigenvalue weighted by atomic mass is 19.1. The highest BCUT2D eigenvalue weighted by Crippen LogP contribution is 2.06. The van der Waals surface area contributed by atoms with E-state index in [9.17, 15) is 9.18 Å². The molecule has 98 valence electrons. The Morgan fingerprint density at radius 3 is 2.79 bits per heavy atom. The van der Waals surface area contributed by atoms with Crippen molar-refractivity contribution in [2.45, 2.75) is 13.0 Å². The Labute approximate surface area is 108 Å². The average molecular weight is 261 g/mol. The molecule has 1 atom stereocenters. The maximum absolute atomic E-state index is 12.7. The van der Waals surface area contributed by atoms with Crippen molar-refractivity contribution in [3.05, 3.63) is 47.5 Å². The molecule has 0 aliphatic heterocycles. The van der Waals surface area contributed by atoms with Crippen LogP contribution in [0.2, 0.25) is 0 Å². The molecule has 1 aromatic heterocycles. The molecule has 1 unspecified atom stereocenters. The number of amides is 1. The summed E-state index contributed by atoms with van der Waals surface area (Å²) in [7, 11) is 0. The van der Waals surface area contributed by atoms with E-state index in [0.29, 0.717) is 5.82 Å². The lowest BCUT2D eigenvalue weighted by atomic mass is 10.2. The third kappa shape index (κ3) is 3.70. The van der Waals surface area contributed by atoms with E-state index in [1.807, 2.05) is 0 Å². The summed E-state index contributed by atoms with van der Waals surface area (Å²) in [5, 5.41) is 15.9. The highest BCUT2D eigenvalue weighted by molar-refractivity contribution is 5.91. The minimum Gasteiger partial charge on any atom is -0.343 e. The molecule has 0 saturated heterocycles. The van der Waals surface area contributed by atoms with E-state index >= 15 is 0 Å². The summed E-state index contributed by atoms with van der Waals surface area (Å²) in [5.41, 5.74) is 0.740. The molecule has 1 aromatic carbocycles. The molecule has 2 aromatic rings. The van der Waals surface area contributed by atoms with Crippen LogP contribution in [0, 0.1) is 5.82 Å². The number of halogens is 1. The fourth-order valence-corrected chi connectivity index (χ4v) is 1.42. The van der Waals surface area contributed by atoms with Crippen LogP contribution < -0.4 is 5.32 Å². The fraction of sp³-hybridized carbons (Fsp3) is 0.167. The topological polar surface area (TPSA) is 83.6 Å². The van der Waals surface area contributed by atoms with E-state index in [2.05, 4.69) is 25.9 Å². The first-order valence-corrected chi connectivity index (χ1v) is 5.62. The van der Waals surface area contributed by atoms with E-state index in [1.165, 1.54) is 18.2 Å². The van der Waals surface area contributed by atoms with Crippen LogP contribution in [0.3, 0.4) is 0 Å². The van der Waals surface area contributed by atoms with Gasteiger partial charge >= 0.3 is 0 Å². The Balaban J connectivity index is 1.92. The lowest BCUT2D eigenvalue weighted by Gasteiger charge is -2.06. The zero-order valence-electron chi connectivity index (χ0n) is 10.2. The number of tetrazole rings is 1. The van der Waals surface area contributed by atoms with Crippen molar-refractivity contribution in [1.29, 1.82) is 0 Å². The number of carbonyl (C=O) groups excluding carboxylic acids is 1. The Hall–Kier alpha value is -2.57. The molecule has 19 heavy (non-hydrogen) atoms. The Morgan fingerprint density at radius 1 is 1.42 bits per heavy atom. The molecule has 1 amide bonds. The molecule has 1 heterocycles. The molecular weight excluding hydrogens is 249 g/mol. The molecule has 7 heteroatoms. The lowest BCUT2D eigenvalue weighted by molar-refractivity contribution is -0.117. The number of nitrogens with zero attached hydrogens (tertiary/aromatic N) is 3. The SMILES string of the molecule is CC(NC(=O)C=Cc1ccc(F)cc1)c1nn[nH]n1. The first kappa shape index (κ1) is 12.9. The predicted octanol–water partition coefficient (Wildman–Crippen LogP) is 1.23. The van der Waals surface area contributed by atoms with Crippen LogP contribution in [0.25, 0.3) is 6.08 Å². The van der Waals surface area contributed by atoms with Gasteiger partial charge in [0.05, 0.1) is 6.04 Å². The van der Waals surface area contributed by atoms with Crippen molar-refractivity contribution >= 4 is 12.0 Å². The van der Waals surface area contributed by atoms with Gasteiger partial charge in [0.2, 0.25) is 5.91 Å². The Morgan fingerprint density at radius 2 is 2.16 bits per heavy atom.